The van der Waals surface area contributed by atoms with Crippen LogP contribution in [0.3, 0.4) is 0 Å². The summed E-state index contributed by atoms with van der Waals surface area (Å²) >= 11 is 7.41. The smallest absolute Gasteiger partial charge is 0.232 e. The van der Waals surface area contributed by atoms with Crippen LogP contribution < -0.4 is 14.4 Å². The summed E-state index contributed by atoms with van der Waals surface area (Å²) in [5.74, 6) is 0.183. The number of sulfonamides is 1. The molecule has 1 N–H and O–H groups in total. The van der Waals surface area contributed by atoms with E-state index in [2.05, 4.69) is 15.5 Å². The van der Waals surface area contributed by atoms with Crippen LogP contribution in [0.2, 0.25) is 5.02 Å². The van der Waals surface area contributed by atoms with Crippen molar-refractivity contribution in [3.05, 3.63) is 53.1 Å². The van der Waals surface area contributed by atoms with E-state index in [1.54, 1.807) is 12.1 Å². The summed E-state index contributed by atoms with van der Waals surface area (Å²) in [7, 11) is -2.08. The van der Waals surface area contributed by atoms with Gasteiger partial charge in [-0.15, -0.1) is 10.2 Å². The fraction of sp³-hybridized carbons (Fsp3) is 0.286. The highest BCUT2D eigenvalue weighted by Crippen LogP contribution is 2.30. The number of aryl methyl sites for hydroxylation is 1. The number of aromatic nitrogens is 2. The van der Waals surface area contributed by atoms with Crippen molar-refractivity contribution >= 4 is 49.7 Å². The average molecular weight is 495 g/mol. The van der Waals surface area contributed by atoms with Gasteiger partial charge in [-0.05, 0) is 31.5 Å². The van der Waals surface area contributed by atoms with Gasteiger partial charge in [-0.1, -0.05) is 52.8 Å². The van der Waals surface area contributed by atoms with Crippen molar-refractivity contribution in [1.82, 2.24) is 10.2 Å². The van der Waals surface area contributed by atoms with Crippen LogP contribution in [0, 0.1) is 6.92 Å². The van der Waals surface area contributed by atoms with E-state index in [0.29, 0.717) is 33.0 Å². The number of nitrogens with zero attached hydrogens (tertiary/aromatic N) is 3. The van der Waals surface area contributed by atoms with E-state index < -0.39 is 10.0 Å². The maximum atomic E-state index is 12.3. The Morgan fingerprint density at radius 1 is 1.19 bits per heavy atom. The first-order valence-electron chi connectivity index (χ1n) is 9.69. The summed E-state index contributed by atoms with van der Waals surface area (Å²) in [5.41, 5.74) is 2.48. The first-order chi connectivity index (χ1) is 15.2. The number of hydrogen-bond donors (Lipinski definition) is 1. The number of carbonyl (C=O) groups excluding carboxylic acids is 1. The van der Waals surface area contributed by atoms with Crippen molar-refractivity contribution in [2.75, 3.05) is 29.5 Å². The minimum Gasteiger partial charge on any atom is -0.495 e. The van der Waals surface area contributed by atoms with Gasteiger partial charge in [-0.25, -0.2) is 8.42 Å². The molecule has 0 radical (unpaired) electrons. The molecule has 0 atom stereocenters. The number of hydrogen-bond acceptors (Lipinski definition) is 7. The maximum absolute atomic E-state index is 12.3. The van der Waals surface area contributed by atoms with Gasteiger partial charge in [0.2, 0.25) is 21.1 Å². The van der Waals surface area contributed by atoms with E-state index in [4.69, 9.17) is 16.3 Å². The Labute approximate surface area is 196 Å². The largest absolute Gasteiger partial charge is 0.495 e. The number of amides is 1. The van der Waals surface area contributed by atoms with Gasteiger partial charge >= 0.3 is 0 Å². The Bertz CT molecular complexity index is 1200. The highest BCUT2D eigenvalue weighted by atomic mass is 35.5. The predicted octanol–water partition coefficient (Wildman–Crippen LogP) is 4.36. The van der Waals surface area contributed by atoms with Crippen LogP contribution in [0.25, 0.3) is 10.6 Å². The molecule has 1 heterocycles. The lowest BCUT2D eigenvalue weighted by atomic mass is 10.2. The molecule has 0 bridgehead atoms. The van der Waals surface area contributed by atoms with Crippen molar-refractivity contribution in [2.24, 2.45) is 0 Å². The number of benzene rings is 2. The highest BCUT2D eigenvalue weighted by molar-refractivity contribution is 7.92. The van der Waals surface area contributed by atoms with Gasteiger partial charge in [-0.3, -0.25) is 9.10 Å². The molecule has 1 aromatic heterocycles. The first-order valence-corrected chi connectivity index (χ1v) is 12.7. The molecule has 0 aliphatic carbocycles. The minimum absolute atomic E-state index is 0.120. The third kappa shape index (κ3) is 6.18. The van der Waals surface area contributed by atoms with Crippen LogP contribution in [0.1, 0.15) is 18.4 Å². The van der Waals surface area contributed by atoms with Gasteiger partial charge in [0.1, 0.15) is 10.8 Å². The number of halogens is 1. The van der Waals surface area contributed by atoms with E-state index >= 15 is 0 Å². The summed E-state index contributed by atoms with van der Waals surface area (Å²) in [4.78, 5) is 12.3. The molecule has 170 valence electrons. The summed E-state index contributed by atoms with van der Waals surface area (Å²) in [6.45, 7) is 2.13. The summed E-state index contributed by atoms with van der Waals surface area (Å²) < 4.78 is 30.8. The van der Waals surface area contributed by atoms with Crippen molar-refractivity contribution in [3.8, 4) is 16.3 Å². The van der Waals surface area contributed by atoms with E-state index in [-0.39, 0.29) is 18.9 Å². The average Bonchev–Trinajstić information content (AvgIpc) is 3.19. The monoisotopic (exact) mass is 494 g/mol. The van der Waals surface area contributed by atoms with Gasteiger partial charge in [0.25, 0.3) is 0 Å². The molecule has 0 unspecified atom stereocenters. The van der Waals surface area contributed by atoms with Crippen LogP contribution in [0.5, 0.6) is 5.75 Å². The van der Waals surface area contributed by atoms with Crippen LogP contribution in [0.4, 0.5) is 10.8 Å². The third-order valence-corrected chi connectivity index (χ3v) is 6.94. The van der Waals surface area contributed by atoms with Crippen LogP contribution in [-0.2, 0) is 14.8 Å². The molecular formula is C21H23ClN4O4S2. The zero-order valence-electron chi connectivity index (χ0n) is 17.8. The standard InChI is InChI=1S/C21H23ClN4O4S2/c1-14-6-8-15(9-7-14)20-24-25-21(31-20)23-19(27)5-4-12-26(32(3,28)29)16-10-11-18(30-2)17(22)13-16/h6-11,13H,4-5,12H2,1-3H3,(H,23,25,27). The van der Waals surface area contributed by atoms with Crippen molar-refractivity contribution in [3.63, 3.8) is 0 Å². The fourth-order valence-corrected chi connectivity index (χ4v) is 4.92. The second-order valence-electron chi connectivity index (χ2n) is 7.08. The Balaban J connectivity index is 1.59. The van der Waals surface area contributed by atoms with Gasteiger partial charge in [-0.2, -0.15) is 0 Å². The molecule has 0 saturated heterocycles. The van der Waals surface area contributed by atoms with Gasteiger partial charge < -0.3 is 10.1 Å². The van der Waals surface area contributed by atoms with Crippen LogP contribution in [0.15, 0.2) is 42.5 Å². The van der Waals surface area contributed by atoms with Gasteiger partial charge in [0, 0.05) is 18.5 Å². The topological polar surface area (TPSA) is 101 Å². The molecule has 2 aromatic carbocycles. The van der Waals surface area contributed by atoms with E-state index in [1.165, 1.54) is 28.8 Å². The normalized spacial score (nSPS) is 11.2. The lowest BCUT2D eigenvalue weighted by Gasteiger charge is -2.23. The molecule has 11 heteroatoms. The molecular weight excluding hydrogens is 472 g/mol. The minimum atomic E-state index is -3.56. The van der Waals surface area contributed by atoms with Crippen molar-refractivity contribution < 1.29 is 17.9 Å². The molecule has 0 saturated carbocycles. The molecule has 8 nitrogen and oxygen atoms in total. The second kappa shape index (κ2) is 10.3. The summed E-state index contributed by atoms with van der Waals surface area (Å²) in [6.07, 6.45) is 1.54. The van der Waals surface area contributed by atoms with Crippen LogP contribution >= 0.6 is 22.9 Å². The Morgan fingerprint density at radius 2 is 1.91 bits per heavy atom. The molecule has 0 aliphatic rings. The molecule has 1 amide bonds. The van der Waals surface area contributed by atoms with Gasteiger partial charge in [0.05, 0.1) is 24.1 Å². The number of carbonyl (C=O) groups is 1. The Hall–Kier alpha value is -2.69. The maximum Gasteiger partial charge on any atom is 0.232 e. The summed E-state index contributed by atoms with van der Waals surface area (Å²) in [5, 5.41) is 12.3. The first kappa shape index (κ1) is 24.0. The van der Waals surface area contributed by atoms with Crippen LogP contribution in [-0.4, -0.2) is 44.4 Å². The predicted molar refractivity (Wildman–Crippen MR) is 128 cm³/mol. The van der Waals surface area contributed by atoms with E-state index in [9.17, 15) is 13.2 Å². The molecule has 0 aliphatic heterocycles. The number of ether oxygens (including phenoxy) is 1. The molecule has 0 fully saturated rings. The second-order valence-corrected chi connectivity index (χ2v) is 10.4. The molecule has 3 aromatic rings. The highest BCUT2D eigenvalue weighted by Gasteiger charge is 2.19. The molecule has 0 spiro atoms. The van der Waals surface area contributed by atoms with Crippen molar-refractivity contribution in [1.29, 1.82) is 0 Å². The van der Waals surface area contributed by atoms with Crippen molar-refractivity contribution in [2.45, 2.75) is 19.8 Å². The number of anilines is 2. The zero-order valence-corrected chi connectivity index (χ0v) is 20.2. The van der Waals surface area contributed by atoms with Gasteiger partial charge in [0.15, 0.2) is 0 Å². The molecule has 3 rings (SSSR count). The van der Waals surface area contributed by atoms with E-state index in [0.717, 1.165) is 17.4 Å². The lowest BCUT2D eigenvalue weighted by molar-refractivity contribution is -0.116. The third-order valence-electron chi connectivity index (χ3n) is 4.56. The summed E-state index contributed by atoms with van der Waals surface area (Å²) in [6, 6.07) is 12.6. The fourth-order valence-electron chi connectivity index (χ4n) is 2.95. The SMILES string of the molecule is COc1ccc(N(CCCC(=O)Nc2nnc(-c3ccc(C)cc3)s2)S(C)(=O)=O)cc1Cl. The quantitative estimate of drug-likeness (QED) is 0.474. The number of methoxy groups -OCH3 is 1. The lowest BCUT2D eigenvalue weighted by Crippen LogP contribution is -2.31. The Kier molecular flexibility index (Phi) is 7.70. The zero-order chi connectivity index (χ0) is 23.3. The van der Waals surface area contributed by atoms with E-state index in [1.807, 2.05) is 31.2 Å². The number of rotatable bonds is 9. The Morgan fingerprint density at radius 3 is 2.53 bits per heavy atom. The number of nitrogens with one attached hydrogen (secondary N) is 1. The molecule has 32 heavy (non-hydrogen) atoms.